The summed E-state index contributed by atoms with van der Waals surface area (Å²) in [6.45, 7) is 5.47. The third-order valence-electron chi connectivity index (χ3n) is 5.16. The van der Waals surface area contributed by atoms with Gasteiger partial charge in [-0.25, -0.2) is 4.79 Å². The van der Waals surface area contributed by atoms with Gasteiger partial charge in [0.15, 0.2) is 0 Å². The molecule has 1 aromatic carbocycles. The van der Waals surface area contributed by atoms with E-state index in [4.69, 9.17) is 16.3 Å². The van der Waals surface area contributed by atoms with Gasteiger partial charge in [-0.1, -0.05) is 29.8 Å². The van der Waals surface area contributed by atoms with E-state index in [1.54, 1.807) is 11.8 Å². The Labute approximate surface area is 159 Å². The first-order valence-corrected chi connectivity index (χ1v) is 9.67. The van der Waals surface area contributed by atoms with Crippen LogP contribution < -0.4 is 5.32 Å². The molecule has 2 amide bonds. The first-order chi connectivity index (χ1) is 12.6. The fourth-order valence-electron chi connectivity index (χ4n) is 3.75. The number of hydrogen-bond acceptors (Lipinski definition) is 4. The highest BCUT2D eigenvalue weighted by Crippen LogP contribution is 2.31. The van der Waals surface area contributed by atoms with Crippen molar-refractivity contribution in [3.05, 3.63) is 34.9 Å². The fourth-order valence-corrected chi connectivity index (χ4v) is 4.01. The van der Waals surface area contributed by atoms with Crippen LogP contribution in [0.1, 0.15) is 31.4 Å². The molecule has 2 aliphatic heterocycles. The number of carbonyl (C=O) groups is 2. The van der Waals surface area contributed by atoms with Crippen molar-refractivity contribution in [3.63, 3.8) is 0 Å². The van der Waals surface area contributed by atoms with Gasteiger partial charge in [-0.2, -0.15) is 0 Å². The zero-order valence-corrected chi connectivity index (χ0v) is 15.9. The molecule has 3 rings (SSSR count). The van der Waals surface area contributed by atoms with Crippen LogP contribution in [0.15, 0.2) is 24.3 Å². The van der Waals surface area contributed by atoms with E-state index in [2.05, 4.69) is 5.32 Å². The maximum atomic E-state index is 13.2. The number of rotatable bonds is 3. The van der Waals surface area contributed by atoms with Crippen LogP contribution in [0.5, 0.6) is 0 Å². The van der Waals surface area contributed by atoms with Crippen molar-refractivity contribution in [1.82, 2.24) is 15.1 Å². The summed E-state index contributed by atoms with van der Waals surface area (Å²) in [5.41, 5.74) is 0.985. The van der Waals surface area contributed by atoms with E-state index in [1.165, 1.54) is 0 Å². The molecule has 0 bridgehead atoms. The van der Waals surface area contributed by atoms with Crippen molar-refractivity contribution in [2.75, 3.05) is 39.3 Å². The Morgan fingerprint density at radius 3 is 2.65 bits per heavy atom. The van der Waals surface area contributed by atoms with Crippen LogP contribution >= 0.6 is 11.6 Å². The van der Waals surface area contributed by atoms with E-state index in [1.807, 2.05) is 29.2 Å². The first kappa shape index (κ1) is 19.0. The minimum atomic E-state index is -0.283. The summed E-state index contributed by atoms with van der Waals surface area (Å²) in [4.78, 5) is 28.7. The second-order valence-corrected chi connectivity index (χ2v) is 7.14. The van der Waals surface area contributed by atoms with Gasteiger partial charge in [0, 0.05) is 43.7 Å². The van der Waals surface area contributed by atoms with E-state index in [0.717, 1.165) is 12.1 Å². The summed E-state index contributed by atoms with van der Waals surface area (Å²) in [5, 5.41) is 4.05. The van der Waals surface area contributed by atoms with Crippen LogP contribution in [0.4, 0.5) is 4.79 Å². The molecule has 2 aliphatic rings. The highest BCUT2D eigenvalue weighted by Gasteiger charge is 2.35. The van der Waals surface area contributed by atoms with Crippen molar-refractivity contribution in [2.24, 2.45) is 5.92 Å². The lowest BCUT2D eigenvalue weighted by atomic mass is 9.93. The summed E-state index contributed by atoms with van der Waals surface area (Å²) in [5.74, 6) is 0.115. The molecule has 2 fully saturated rings. The standard InChI is InChI=1S/C19H26ClN3O3/c1-2-26-19(25)22-10-7-14(8-11-22)18(24)23-12-9-21-13-17(23)15-5-3-4-6-16(15)20/h3-6,14,17,21H,2,7-13H2,1H3. The lowest BCUT2D eigenvalue weighted by Gasteiger charge is -2.40. The molecule has 1 aromatic rings. The highest BCUT2D eigenvalue weighted by atomic mass is 35.5. The lowest BCUT2D eigenvalue weighted by molar-refractivity contribution is -0.140. The summed E-state index contributed by atoms with van der Waals surface area (Å²) in [6.07, 6.45) is 1.07. The number of ether oxygens (including phenoxy) is 1. The van der Waals surface area contributed by atoms with Crippen LogP contribution in [0.25, 0.3) is 0 Å². The normalized spacial score (nSPS) is 21.5. The number of amides is 2. The number of halogens is 1. The van der Waals surface area contributed by atoms with Crippen molar-refractivity contribution in [1.29, 1.82) is 0 Å². The minimum Gasteiger partial charge on any atom is -0.450 e. The molecule has 142 valence electrons. The Kier molecular flexibility index (Phi) is 6.38. The van der Waals surface area contributed by atoms with E-state index in [0.29, 0.717) is 50.7 Å². The van der Waals surface area contributed by atoms with Crippen molar-refractivity contribution in [3.8, 4) is 0 Å². The number of carbonyl (C=O) groups excluding carboxylic acids is 2. The molecule has 2 heterocycles. The molecule has 2 saturated heterocycles. The quantitative estimate of drug-likeness (QED) is 0.877. The Morgan fingerprint density at radius 1 is 1.23 bits per heavy atom. The average Bonchev–Trinajstić information content (AvgIpc) is 2.68. The third kappa shape index (κ3) is 4.13. The largest absolute Gasteiger partial charge is 0.450 e. The molecule has 1 unspecified atom stereocenters. The SMILES string of the molecule is CCOC(=O)N1CCC(C(=O)N2CCNCC2c2ccccc2Cl)CC1. The Hall–Kier alpha value is -1.79. The molecule has 7 heteroatoms. The molecule has 1 atom stereocenters. The maximum Gasteiger partial charge on any atom is 0.409 e. The van der Waals surface area contributed by atoms with E-state index >= 15 is 0 Å². The lowest BCUT2D eigenvalue weighted by Crippen LogP contribution is -2.52. The monoisotopic (exact) mass is 379 g/mol. The molecule has 0 radical (unpaired) electrons. The van der Waals surface area contributed by atoms with Gasteiger partial charge >= 0.3 is 6.09 Å². The number of nitrogens with one attached hydrogen (secondary N) is 1. The topological polar surface area (TPSA) is 61.9 Å². The van der Waals surface area contributed by atoms with Crippen LogP contribution in [0.3, 0.4) is 0 Å². The zero-order chi connectivity index (χ0) is 18.5. The van der Waals surface area contributed by atoms with Gasteiger partial charge in [-0.05, 0) is 31.4 Å². The predicted octanol–water partition coefficient (Wildman–Crippen LogP) is 2.68. The second-order valence-electron chi connectivity index (χ2n) is 6.73. The van der Waals surface area contributed by atoms with Gasteiger partial charge < -0.3 is 19.9 Å². The molecule has 1 N–H and O–H groups in total. The van der Waals surface area contributed by atoms with E-state index in [-0.39, 0.29) is 24.0 Å². The minimum absolute atomic E-state index is 0.0481. The molecule has 0 aromatic heterocycles. The van der Waals surface area contributed by atoms with E-state index in [9.17, 15) is 9.59 Å². The first-order valence-electron chi connectivity index (χ1n) is 9.29. The van der Waals surface area contributed by atoms with Crippen molar-refractivity contribution >= 4 is 23.6 Å². The molecule has 0 aliphatic carbocycles. The van der Waals surface area contributed by atoms with Crippen molar-refractivity contribution in [2.45, 2.75) is 25.8 Å². The Bertz CT molecular complexity index is 647. The number of nitrogens with zero attached hydrogens (tertiary/aromatic N) is 2. The van der Waals surface area contributed by atoms with Gasteiger partial charge in [0.25, 0.3) is 0 Å². The Morgan fingerprint density at radius 2 is 1.96 bits per heavy atom. The fraction of sp³-hybridized carbons (Fsp3) is 0.579. The summed E-state index contributed by atoms with van der Waals surface area (Å²) in [6, 6.07) is 7.67. The molecule has 6 nitrogen and oxygen atoms in total. The molecule has 0 saturated carbocycles. The second kappa shape index (κ2) is 8.73. The molecular weight excluding hydrogens is 354 g/mol. The van der Waals surface area contributed by atoms with E-state index < -0.39 is 0 Å². The number of hydrogen-bond donors (Lipinski definition) is 1. The van der Waals surface area contributed by atoms with Crippen molar-refractivity contribution < 1.29 is 14.3 Å². The highest BCUT2D eigenvalue weighted by molar-refractivity contribution is 6.31. The number of benzene rings is 1. The third-order valence-corrected chi connectivity index (χ3v) is 5.51. The number of likely N-dealkylation sites (tertiary alicyclic amines) is 1. The van der Waals surface area contributed by atoms with Crippen LogP contribution in [0, 0.1) is 5.92 Å². The molecule has 0 spiro atoms. The molecule has 26 heavy (non-hydrogen) atoms. The average molecular weight is 380 g/mol. The molecular formula is C19H26ClN3O3. The van der Waals surface area contributed by atoms with Crippen LogP contribution in [0.2, 0.25) is 5.02 Å². The van der Waals surface area contributed by atoms with Gasteiger partial charge in [0.1, 0.15) is 0 Å². The van der Waals surface area contributed by atoms with Crippen LogP contribution in [-0.4, -0.2) is 61.1 Å². The maximum absolute atomic E-state index is 13.2. The predicted molar refractivity (Wildman–Crippen MR) is 100 cm³/mol. The van der Waals surface area contributed by atoms with Gasteiger partial charge in [-0.3, -0.25) is 4.79 Å². The van der Waals surface area contributed by atoms with Crippen LogP contribution in [-0.2, 0) is 9.53 Å². The summed E-state index contributed by atoms with van der Waals surface area (Å²) in [7, 11) is 0. The Balaban J connectivity index is 1.66. The number of piperazine rings is 1. The summed E-state index contributed by atoms with van der Waals surface area (Å²) < 4.78 is 5.05. The smallest absolute Gasteiger partial charge is 0.409 e. The zero-order valence-electron chi connectivity index (χ0n) is 15.1. The summed E-state index contributed by atoms with van der Waals surface area (Å²) >= 11 is 6.37. The number of piperidine rings is 1. The van der Waals surface area contributed by atoms with Gasteiger partial charge in [-0.15, -0.1) is 0 Å². The van der Waals surface area contributed by atoms with Gasteiger partial charge in [0.05, 0.1) is 12.6 Å². The van der Waals surface area contributed by atoms with Gasteiger partial charge in [0.2, 0.25) is 5.91 Å².